The Hall–Kier alpha value is -2.56. The van der Waals surface area contributed by atoms with Gasteiger partial charge < -0.3 is 0 Å². The molecule has 0 radical (unpaired) electrons. The average molecular weight is 322 g/mol. The van der Waals surface area contributed by atoms with E-state index in [0.717, 1.165) is 35.4 Å². The van der Waals surface area contributed by atoms with Gasteiger partial charge in [0, 0.05) is 0 Å². The standard InChI is InChI=1S/C20H22N2O2/c1-3-9-17(10-4-1)15-23-21-19-13-7-8-14-20(19)22-24-16-18-11-5-2-6-12-18/h1-6,9-14,21-22H,7-8,15-16H2. The number of hydroxylamine groups is 2. The van der Waals surface area contributed by atoms with Crippen LogP contribution < -0.4 is 11.0 Å². The van der Waals surface area contributed by atoms with Gasteiger partial charge in [-0.3, -0.25) is 20.6 Å². The van der Waals surface area contributed by atoms with Crippen LogP contribution in [0.1, 0.15) is 24.0 Å². The summed E-state index contributed by atoms with van der Waals surface area (Å²) in [6.45, 7) is 1.02. The maximum atomic E-state index is 5.60. The molecule has 2 aromatic rings. The summed E-state index contributed by atoms with van der Waals surface area (Å²) in [5, 5.41) is 0. The molecule has 124 valence electrons. The van der Waals surface area contributed by atoms with E-state index in [9.17, 15) is 0 Å². The molecule has 3 rings (SSSR count). The first-order chi connectivity index (χ1) is 11.9. The lowest BCUT2D eigenvalue weighted by atomic mass is 10.1. The van der Waals surface area contributed by atoms with Gasteiger partial charge in [0.15, 0.2) is 0 Å². The largest absolute Gasteiger partial charge is 0.271 e. The SMILES string of the molecule is C1=C(NOCc2ccccc2)C(NOCc2ccccc2)=CCC1. The van der Waals surface area contributed by atoms with Gasteiger partial charge in [-0.15, -0.1) is 0 Å². The molecule has 0 aromatic heterocycles. The van der Waals surface area contributed by atoms with E-state index in [2.05, 4.69) is 23.1 Å². The Morgan fingerprint density at radius 1 is 0.625 bits per heavy atom. The lowest BCUT2D eigenvalue weighted by Crippen LogP contribution is -2.25. The number of rotatable bonds is 8. The van der Waals surface area contributed by atoms with Crippen LogP contribution in [0, 0.1) is 0 Å². The molecule has 24 heavy (non-hydrogen) atoms. The normalized spacial score (nSPS) is 13.8. The average Bonchev–Trinajstić information content (AvgIpc) is 2.65. The highest BCUT2D eigenvalue weighted by Gasteiger charge is 2.09. The van der Waals surface area contributed by atoms with Crippen molar-refractivity contribution in [1.82, 2.24) is 11.0 Å². The third-order valence-corrected chi connectivity index (χ3v) is 3.68. The monoisotopic (exact) mass is 322 g/mol. The van der Waals surface area contributed by atoms with Crippen molar-refractivity contribution in [3.05, 3.63) is 95.3 Å². The van der Waals surface area contributed by atoms with Crippen LogP contribution in [-0.2, 0) is 22.9 Å². The van der Waals surface area contributed by atoms with Crippen LogP contribution in [0.4, 0.5) is 0 Å². The summed E-state index contributed by atoms with van der Waals surface area (Å²) in [5.74, 6) is 0. The number of allylic oxidation sites excluding steroid dienone is 2. The van der Waals surface area contributed by atoms with Crippen molar-refractivity contribution in [2.75, 3.05) is 0 Å². The van der Waals surface area contributed by atoms with Crippen molar-refractivity contribution in [1.29, 1.82) is 0 Å². The van der Waals surface area contributed by atoms with Gasteiger partial charge in [-0.2, -0.15) is 0 Å². The van der Waals surface area contributed by atoms with Gasteiger partial charge in [-0.05, 0) is 24.0 Å². The second-order valence-electron chi connectivity index (χ2n) is 5.57. The Labute approximate surface area is 142 Å². The smallest absolute Gasteiger partial charge is 0.0996 e. The molecule has 1 aliphatic carbocycles. The van der Waals surface area contributed by atoms with Gasteiger partial charge in [0.2, 0.25) is 0 Å². The van der Waals surface area contributed by atoms with Crippen LogP contribution in [-0.4, -0.2) is 0 Å². The van der Waals surface area contributed by atoms with E-state index in [4.69, 9.17) is 9.68 Å². The molecule has 4 nitrogen and oxygen atoms in total. The third-order valence-electron chi connectivity index (χ3n) is 3.68. The first kappa shape index (κ1) is 16.3. The summed E-state index contributed by atoms with van der Waals surface area (Å²) in [5.41, 5.74) is 10.1. The van der Waals surface area contributed by atoms with Gasteiger partial charge in [0.1, 0.15) is 0 Å². The van der Waals surface area contributed by atoms with Crippen molar-refractivity contribution in [3.8, 4) is 0 Å². The second-order valence-corrected chi connectivity index (χ2v) is 5.57. The maximum absolute atomic E-state index is 5.60. The molecular formula is C20H22N2O2. The Kier molecular flexibility index (Phi) is 6.05. The van der Waals surface area contributed by atoms with E-state index >= 15 is 0 Å². The molecule has 0 fully saturated rings. The molecule has 0 saturated heterocycles. The highest BCUT2D eigenvalue weighted by molar-refractivity contribution is 5.29. The minimum Gasteiger partial charge on any atom is -0.271 e. The summed E-state index contributed by atoms with van der Waals surface area (Å²) in [4.78, 5) is 11.2. The Morgan fingerprint density at radius 2 is 1.04 bits per heavy atom. The van der Waals surface area contributed by atoms with E-state index in [1.165, 1.54) is 0 Å². The molecule has 1 aliphatic rings. The number of hydrogen-bond donors (Lipinski definition) is 2. The molecule has 0 atom stereocenters. The molecule has 0 saturated carbocycles. The van der Waals surface area contributed by atoms with Crippen LogP contribution in [0.5, 0.6) is 0 Å². The van der Waals surface area contributed by atoms with Crippen molar-refractivity contribution < 1.29 is 9.68 Å². The number of nitrogens with one attached hydrogen (secondary N) is 2. The molecular weight excluding hydrogens is 300 g/mol. The minimum absolute atomic E-state index is 0.510. The van der Waals surface area contributed by atoms with E-state index in [-0.39, 0.29) is 0 Å². The first-order valence-corrected chi connectivity index (χ1v) is 8.16. The molecule has 0 unspecified atom stereocenters. The zero-order chi connectivity index (χ0) is 16.5. The van der Waals surface area contributed by atoms with Crippen molar-refractivity contribution >= 4 is 0 Å². The van der Waals surface area contributed by atoms with Crippen molar-refractivity contribution in [3.63, 3.8) is 0 Å². The number of hydrogen-bond acceptors (Lipinski definition) is 4. The zero-order valence-electron chi connectivity index (χ0n) is 13.6. The van der Waals surface area contributed by atoms with Gasteiger partial charge in [-0.1, -0.05) is 72.8 Å². The Balaban J connectivity index is 1.45. The van der Waals surface area contributed by atoms with E-state index in [0.29, 0.717) is 13.2 Å². The highest BCUT2D eigenvalue weighted by atomic mass is 16.7. The quantitative estimate of drug-likeness (QED) is 0.721. The number of benzene rings is 2. The molecule has 4 heteroatoms. The predicted molar refractivity (Wildman–Crippen MR) is 94.1 cm³/mol. The Morgan fingerprint density at radius 3 is 1.46 bits per heavy atom. The summed E-state index contributed by atoms with van der Waals surface area (Å²) in [6, 6.07) is 20.1. The fraction of sp³-hybridized carbons (Fsp3) is 0.200. The Bertz CT molecular complexity index is 620. The van der Waals surface area contributed by atoms with Gasteiger partial charge >= 0.3 is 0 Å². The zero-order valence-corrected chi connectivity index (χ0v) is 13.6. The summed E-state index contributed by atoms with van der Waals surface area (Å²) in [6.07, 6.45) is 6.19. The highest BCUT2D eigenvalue weighted by Crippen LogP contribution is 2.15. The molecule has 2 N–H and O–H groups in total. The summed E-state index contributed by atoms with van der Waals surface area (Å²) >= 11 is 0. The van der Waals surface area contributed by atoms with Crippen molar-refractivity contribution in [2.24, 2.45) is 0 Å². The second kappa shape index (κ2) is 8.91. The van der Waals surface area contributed by atoms with E-state index < -0.39 is 0 Å². The molecule has 0 heterocycles. The maximum Gasteiger partial charge on any atom is 0.0996 e. The van der Waals surface area contributed by atoms with Gasteiger partial charge in [-0.25, -0.2) is 0 Å². The fourth-order valence-corrected chi connectivity index (χ4v) is 2.41. The topological polar surface area (TPSA) is 42.5 Å². The molecule has 0 amide bonds. The van der Waals surface area contributed by atoms with Crippen LogP contribution in [0.3, 0.4) is 0 Å². The van der Waals surface area contributed by atoms with Crippen LogP contribution in [0.15, 0.2) is 84.2 Å². The van der Waals surface area contributed by atoms with Crippen LogP contribution in [0.25, 0.3) is 0 Å². The third kappa shape index (κ3) is 4.98. The lowest BCUT2D eigenvalue weighted by Gasteiger charge is -2.19. The summed E-state index contributed by atoms with van der Waals surface area (Å²) in [7, 11) is 0. The van der Waals surface area contributed by atoms with E-state index in [1.807, 2.05) is 60.7 Å². The van der Waals surface area contributed by atoms with Crippen LogP contribution >= 0.6 is 0 Å². The molecule has 2 aromatic carbocycles. The molecule has 0 spiro atoms. The van der Waals surface area contributed by atoms with Gasteiger partial charge in [0.05, 0.1) is 24.6 Å². The van der Waals surface area contributed by atoms with Gasteiger partial charge in [0.25, 0.3) is 0 Å². The summed E-state index contributed by atoms with van der Waals surface area (Å²) < 4.78 is 0. The minimum atomic E-state index is 0.510. The lowest BCUT2D eigenvalue weighted by molar-refractivity contribution is 0.0308. The fourth-order valence-electron chi connectivity index (χ4n) is 2.41. The van der Waals surface area contributed by atoms with Crippen molar-refractivity contribution in [2.45, 2.75) is 26.1 Å². The van der Waals surface area contributed by atoms with Crippen LogP contribution in [0.2, 0.25) is 0 Å². The first-order valence-electron chi connectivity index (χ1n) is 8.16. The molecule has 0 bridgehead atoms. The molecule has 0 aliphatic heterocycles. The predicted octanol–water partition coefficient (Wildman–Crippen LogP) is 3.99. The van der Waals surface area contributed by atoms with E-state index in [1.54, 1.807) is 0 Å².